The van der Waals surface area contributed by atoms with Crippen molar-refractivity contribution >= 4 is 11.6 Å². The molecule has 1 amide bonds. The van der Waals surface area contributed by atoms with Crippen molar-refractivity contribution in [1.82, 2.24) is 0 Å². The lowest BCUT2D eigenvalue weighted by Gasteiger charge is -2.23. The average molecular weight is 260 g/mol. The van der Waals surface area contributed by atoms with Crippen LogP contribution in [0.4, 0.5) is 18.9 Å². The molecule has 0 aliphatic heterocycles. The van der Waals surface area contributed by atoms with E-state index >= 15 is 0 Å². The molecule has 0 spiro atoms. The third-order valence-electron chi connectivity index (χ3n) is 2.53. The highest BCUT2D eigenvalue weighted by Crippen LogP contribution is 2.21. The Bertz CT molecular complexity index is 461. The molecule has 0 bridgehead atoms. The van der Waals surface area contributed by atoms with E-state index < -0.39 is 34.6 Å². The first-order valence-electron chi connectivity index (χ1n) is 5.53. The quantitative estimate of drug-likeness (QED) is 0.817. The Kier molecular flexibility index (Phi) is 4.34. The van der Waals surface area contributed by atoms with Crippen LogP contribution in [0.15, 0.2) is 12.1 Å². The van der Waals surface area contributed by atoms with E-state index in [1.807, 2.05) is 6.92 Å². The molecular formula is C12H15F3N2O. The summed E-state index contributed by atoms with van der Waals surface area (Å²) in [6.07, 6.45) is 1.03. The summed E-state index contributed by atoms with van der Waals surface area (Å²) in [7, 11) is 0. The highest BCUT2D eigenvalue weighted by Gasteiger charge is 2.28. The monoisotopic (exact) mass is 260 g/mol. The molecule has 0 heterocycles. The molecule has 1 aromatic rings. The molecule has 6 heteroatoms. The summed E-state index contributed by atoms with van der Waals surface area (Å²) < 4.78 is 39.2. The lowest BCUT2D eigenvalue weighted by Crippen LogP contribution is -2.48. The van der Waals surface area contributed by atoms with E-state index in [9.17, 15) is 18.0 Å². The second kappa shape index (κ2) is 5.39. The number of anilines is 1. The highest BCUT2D eigenvalue weighted by atomic mass is 19.2. The fourth-order valence-corrected chi connectivity index (χ4v) is 1.54. The molecule has 0 fully saturated rings. The Morgan fingerprint density at radius 1 is 1.39 bits per heavy atom. The number of amides is 1. The van der Waals surface area contributed by atoms with Crippen LogP contribution in [0, 0.1) is 17.5 Å². The van der Waals surface area contributed by atoms with Gasteiger partial charge in [-0.05, 0) is 13.3 Å². The van der Waals surface area contributed by atoms with Crippen LogP contribution in [0.3, 0.4) is 0 Å². The van der Waals surface area contributed by atoms with Gasteiger partial charge in [0, 0.05) is 12.1 Å². The number of nitrogens with two attached hydrogens (primary N) is 1. The first kappa shape index (κ1) is 14.5. The first-order valence-corrected chi connectivity index (χ1v) is 5.53. The second-order valence-corrected chi connectivity index (χ2v) is 4.37. The van der Waals surface area contributed by atoms with Crippen LogP contribution in [-0.4, -0.2) is 11.4 Å². The summed E-state index contributed by atoms with van der Waals surface area (Å²) in [5.74, 6) is -4.33. The van der Waals surface area contributed by atoms with Crippen LogP contribution in [0.2, 0.25) is 0 Å². The van der Waals surface area contributed by atoms with E-state index in [2.05, 4.69) is 5.32 Å². The molecule has 3 nitrogen and oxygen atoms in total. The maximum Gasteiger partial charge on any atom is 0.244 e. The number of hydrogen-bond donors (Lipinski definition) is 2. The molecule has 1 unspecified atom stereocenters. The lowest BCUT2D eigenvalue weighted by atomic mass is 9.96. The van der Waals surface area contributed by atoms with Crippen molar-refractivity contribution in [2.45, 2.75) is 32.2 Å². The zero-order valence-corrected chi connectivity index (χ0v) is 10.2. The van der Waals surface area contributed by atoms with Crippen molar-refractivity contribution in [3.05, 3.63) is 29.6 Å². The third-order valence-corrected chi connectivity index (χ3v) is 2.53. The molecular weight excluding hydrogens is 245 g/mol. The summed E-state index contributed by atoms with van der Waals surface area (Å²) in [6.45, 7) is 3.31. The maximum atomic E-state index is 13.3. The summed E-state index contributed by atoms with van der Waals surface area (Å²) in [6, 6.07) is 1.11. The fourth-order valence-electron chi connectivity index (χ4n) is 1.54. The Morgan fingerprint density at radius 2 is 2.00 bits per heavy atom. The van der Waals surface area contributed by atoms with Crippen molar-refractivity contribution in [1.29, 1.82) is 0 Å². The summed E-state index contributed by atoms with van der Waals surface area (Å²) in [5, 5.41) is 2.10. The van der Waals surface area contributed by atoms with Gasteiger partial charge >= 0.3 is 0 Å². The van der Waals surface area contributed by atoms with Gasteiger partial charge in [-0.15, -0.1) is 0 Å². The van der Waals surface area contributed by atoms with E-state index in [-0.39, 0.29) is 0 Å². The van der Waals surface area contributed by atoms with E-state index in [0.29, 0.717) is 25.0 Å². The van der Waals surface area contributed by atoms with Gasteiger partial charge in [0.1, 0.15) is 5.82 Å². The van der Waals surface area contributed by atoms with Gasteiger partial charge in [-0.2, -0.15) is 0 Å². The molecule has 3 N–H and O–H groups in total. The molecule has 1 atom stereocenters. The molecule has 1 aromatic carbocycles. The molecule has 0 aliphatic rings. The molecule has 0 saturated heterocycles. The standard InChI is InChI=1S/C12H15F3N2O/c1-3-4-12(2,16)11(18)17-9-6-7(13)5-8(14)10(9)15/h5-6H,3-4,16H2,1-2H3,(H,17,18). The SMILES string of the molecule is CCCC(C)(N)C(=O)Nc1cc(F)cc(F)c1F. The smallest absolute Gasteiger partial charge is 0.244 e. The number of halogens is 3. The van der Waals surface area contributed by atoms with Gasteiger partial charge in [0.15, 0.2) is 11.6 Å². The molecule has 0 aromatic heterocycles. The Hall–Kier alpha value is -1.56. The minimum atomic E-state index is -1.36. The summed E-state index contributed by atoms with van der Waals surface area (Å²) in [4.78, 5) is 11.8. The Balaban J connectivity index is 2.95. The van der Waals surface area contributed by atoms with Crippen molar-refractivity contribution in [3.8, 4) is 0 Å². The van der Waals surface area contributed by atoms with Crippen LogP contribution < -0.4 is 11.1 Å². The lowest BCUT2D eigenvalue weighted by molar-refractivity contribution is -0.120. The average Bonchev–Trinajstić information content (AvgIpc) is 2.25. The number of hydrogen-bond acceptors (Lipinski definition) is 2. The molecule has 0 saturated carbocycles. The predicted molar refractivity (Wildman–Crippen MR) is 62.4 cm³/mol. The molecule has 18 heavy (non-hydrogen) atoms. The van der Waals surface area contributed by atoms with Crippen LogP contribution in [-0.2, 0) is 4.79 Å². The first-order chi connectivity index (χ1) is 8.27. The minimum Gasteiger partial charge on any atom is -0.322 e. The molecule has 0 aliphatic carbocycles. The van der Waals surface area contributed by atoms with Gasteiger partial charge in [0.2, 0.25) is 5.91 Å². The van der Waals surface area contributed by atoms with Crippen LogP contribution in [0.25, 0.3) is 0 Å². The minimum absolute atomic E-state index is 0.373. The number of carbonyl (C=O) groups is 1. The van der Waals surface area contributed by atoms with E-state index in [1.54, 1.807) is 0 Å². The van der Waals surface area contributed by atoms with Crippen molar-refractivity contribution < 1.29 is 18.0 Å². The van der Waals surface area contributed by atoms with Gasteiger partial charge in [-0.3, -0.25) is 4.79 Å². The van der Waals surface area contributed by atoms with Crippen LogP contribution >= 0.6 is 0 Å². The number of benzene rings is 1. The van der Waals surface area contributed by atoms with Gasteiger partial charge in [-0.25, -0.2) is 13.2 Å². The third kappa shape index (κ3) is 3.22. The number of nitrogens with one attached hydrogen (secondary N) is 1. The van der Waals surface area contributed by atoms with Crippen LogP contribution in [0.1, 0.15) is 26.7 Å². The zero-order chi connectivity index (χ0) is 13.9. The number of rotatable bonds is 4. The number of carbonyl (C=O) groups excluding carboxylic acids is 1. The van der Waals surface area contributed by atoms with Crippen LogP contribution in [0.5, 0.6) is 0 Å². The maximum absolute atomic E-state index is 13.3. The van der Waals surface area contributed by atoms with Crippen molar-refractivity contribution in [2.75, 3.05) is 5.32 Å². The zero-order valence-electron chi connectivity index (χ0n) is 10.2. The summed E-state index contributed by atoms with van der Waals surface area (Å²) >= 11 is 0. The van der Waals surface area contributed by atoms with E-state index in [0.717, 1.165) is 0 Å². The van der Waals surface area contributed by atoms with E-state index in [1.165, 1.54) is 6.92 Å². The molecule has 100 valence electrons. The van der Waals surface area contributed by atoms with Gasteiger partial charge in [-0.1, -0.05) is 13.3 Å². The Labute approximate surface area is 103 Å². The Morgan fingerprint density at radius 3 is 2.56 bits per heavy atom. The van der Waals surface area contributed by atoms with Crippen molar-refractivity contribution in [2.24, 2.45) is 5.73 Å². The fraction of sp³-hybridized carbons (Fsp3) is 0.417. The predicted octanol–water partition coefficient (Wildman–Crippen LogP) is 2.56. The molecule has 1 rings (SSSR count). The van der Waals surface area contributed by atoms with Gasteiger partial charge in [0.05, 0.1) is 11.2 Å². The van der Waals surface area contributed by atoms with Gasteiger partial charge in [0.25, 0.3) is 0 Å². The van der Waals surface area contributed by atoms with Crippen molar-refractivity contribution in [3.63, 3.8) is 0 Å². The highest BCUT2D eigenvalue weighted by molar-refractivity contribution is 5.97. The normalized spacial score (nSPS) is 14.1. The van der Waals surface area contributed by atoms with Gasteiger partial charge < -0.3 is 11.1 Å². The second-order valence-electron chi connectivity index (χ2n) is 4.37. The summed E-state index contributed by atoms with van der Waals surface area (Å²) in [5.41, 5.74) is 3.95. The molecule has 0 radical (unpaired) electrons. The topological polar surface area (TPSA) is 55.1 Å². The van der Waals surface area contributed by atoms with E-state index in [4.69, 9.17) is 5.73 Å². The largest absolute Gasteiger partial charge is 0.322 e.